The average Bonchev–Trinajstić information content (AvgIpc) is 3.42. The van der Waals surface area contributed by atoms with Gasteiger partial charge in [-0.25, -0.2) is 0 Å². The molecule has 1 aliphatic rings. The minimum absolute atomic E-state index is 0.0780. The van der Waals surface area contributed by atoms with Crippen molar-refractivity contribution in [3.63, 3.8) is 0 Å². The Labute approximate surface area is 412 Å². The van der Waals surface area contributed by atoms with Gasteiger partial charge in [-0.2, -0.15) is 0 Å². The Morgan fingerprint density at radius 2 is 0.899 bits per heavy atom. The smallest absolute Gasteiger partial charge is 0.0497 e. The molecular formula is C68H65N. The summed E-state index contributed by atoms with van der Waals surface area (Å²) in [4.78, 5) is 2.42. The van der Waals surface area contributed by atoms with Crippen molar-refractivity contribution in [3.8, 4) is 46.2 Å². The van der Waals surface area contributed by atoms with E-state index in [-0.39, 0.29) is 6.04 Å². The van der Waals surface area contributed by atoms with Crippen LogP contribution in [0.5, 0.6) is 0 Å². The maximum absolute atomic E-state index is 4.00. The van der Waals surface area contributed by atoms with E-state index in [9.17, 15) is 0 Å². The standard InChI is InChI=1S/C58H45N.C6H12.C2H6.C2H2/c1-3-4-19-40(2)59(45-36-32-43(33-37-45)57-51-28-15-11-24-47(51)55(41-20-7-5-8-21-41)48-25-12-16-29-52(48)57)46-38-34-44(35-39-46)58-53-30-17-13-26-49(53)56(42-22-9-6-10-23-42)50-27-14-18-31-54(50)58;1-3-5-6-4-2;2*1-2/h3-5,7-9,11-40H,1,6,10H2,2H3;3,5H,4,6H2,1-2H3;1-2H3;1-2H/b19-4-;5-3-;;. The number of hydrogen-bond donors (Lipinski definition) is 0. The van der Waals surface area contributed by atoms with Crippen molar-refractivity contribution >= 4 is 60.0 Å². The molecular weight excluding hydrogens is 831 g/mol. The van der Waals surface area contributed by atoms with Crippen LogP contribution in [0.25, 0.3) is 82.0 Å². The Morgan fingerprint density at radius 3 is 1.23 bits per heavy atom. The summed E-state index contributed by atoms with van der Waals surface area (Å²) in [6.45, 7) is 14.5. The van der Waals surface area contributed by atoms with E-state index < -0.39 is 0 Å². The fraction of sp³-hybridized carbons (Fsp3) is 0.147. The summed E-state index contributed by atoms with van der Waals surface area (Å²) in [5.74, 6) is 0. The SMILES string of the molecule is C#C.C/C=C\CCC.C=C/C=C\C(C)N(c1ccc(-c2c3ccccc3c(C3=CCCC=C3)c3ccccc23)cc1)c1ccc(-c2c3ccccc3c(-c3ccccc3)c3ccccc23)cc1.CC. The molecule has 0 saturated heterocycles. The molecule has 1 unspecified atom stereocenters. The van der Waals surface area contributed by atoms with E-state index in [0.717, 1.165) is 24.2 Å². The number of nitrogens with zero attached hydrogens (tertiary/aromatic N) is 1. The lowest BCUT2D eigenvalue weighted by Gasteiger charge is -2.30. The minimum atomic E-state index is 0.0780. The predicted octanol–water partition coefficient (Wildman–Crippen LogP) is 19.9. The number of fused-ring (bicyclic) bond motifs is 4. The van der Waals surface area contributed by atoms with Crippen LogP contribution in [-0.2, 0) is 0 Å². The molecule has 0 bridgehead atoms. The summed E-state index contributed by atoms with van der Waals surface area (Å²) in [6, 6.07) is 64.8. The number of allylic oxidation sites excluding steroid dienone is 8. The summed E-state index contributed by atoms with van der Waals surface area (Å²) < 4.78 is 0. The van der Waals surface area contributed by atoms with Gasteiger partial charge in [-0.3, -0.25) is 0 Å². The average molecular weight is 896 g/mol. The maximum atomic E-state index is 4.00. The number of hydrogen-bond acceptors (Lipinski definition) is 1. The first-order valence-electron chi connectivity index (χ1n) is 24.6. The molecule has 0 heterocycles. The highest BCUT2D eigenvalue weighted by atomic mass is 15.2. The summed E-state index contributed by atoms with van der Waals surface area (Å²) in [5, 5.41) is 10.2. The van der Waals surface area contributed by atoms with Gasteiger partial charge in [0.15, 0.2) is 0 Å². The van der Waals surface area contributed by atoms with Crippen LogP contribution in [0.3, 0.4) is 0 Å². The summed E-state index contributed by atoms with van der Waals surface area (Å²) in [7, 11) is 0. The van der Waals surface area contributed by atoms with Crippen LogP contribution in [0.4, 0.5) is 11.4 Å². The fourth-order valence-electron chi connectivity index (χ4n) is 9.76. The number of rotatable bonds is 11. The molecule has 1 atom stereocenters. The highest BCUT2D eigenvalue weighted by Crippen LogP contribution is 2.46. The van der Waals surface area contributed by atoms with Gasteiger partial charge in [-0.05, 0) is 145 Å². The highest BCUT2D eigenvalue weighted by Gasteiger charge is 2.21. The lowest BCUT2D eigenvalue weighted by Crippen LogP contribution is -2.26. The summed E-state index contributed by atoms with van der Waals surface area (Å²) >= 11 is 0. The first-order chi connectivity index (χ1) is 34.1. The third kappa shape index (κ3) is 10.5. The van der Waals surface area contributed by atoms with E-state index >= 15 is 0 Å². The zero-order valence-electron chi connectivity index (χ0n) is 41.1. The van der Waals surface area contributed by atoms with Crippen LogP contribution in [0.15, 0.2) is 231 Å². The van der Waals surface area contributed by atoms with Crippen LogP contribution in [0.1, 0.15) is 65.9 Å². The van der Waals surface area contributed by atoms with E-state index in [1.165, 1.54) is 100 Å². The van der Waals surface area contributed by atoms with Crippen LogP contribution in [-0.4, -0.2) is 6.04 Å². The second kappa shape index (κ2) is 24.2. The van der Waals surface area contributed by atoms with E-state index in [4.69, 9.17) is 0 Å². The molecule has 0 radical (unpaired) electrons. The molecule has 0 spiro atoms. The number of terminal acetylenes is 1. The third-order valence-corrected chi connectivity index (χ3v) is 12.7. The first kappa shape index (κ1) is 49.0. The lowest BCUT2D eigenvalue weighted by molar-refractivity contribution is 0.864. The molecule has 10 rings (SSSR count). The van der Waals surface area contributed by atoms with Gasteiger partial charge in [0.25, 0.3) is 0 Å². The van der Waals surface area contributed by atoms with Gasteiger partial charge < -0.3 is 4.90 Å². The quantitative estimate of drug-likeness (QED) is 0.0541. The molecule has 9 aromatic carbocycles. The van der Waals surface area contributed by atoms with Crippen molar-refractivity contribution in [1.29, 1.82) is 0 Å². The minimum Gasteiger partial charge on any atom is -0.335 e. The maximum Gasteiger partial charge on any atom is 0.0497 e. The molecule has 0 fully saturated rings. The van der Waals surface area contributed by atoms with Crippen LogP contribution in [0.2, 0.25) is 0 Å². The number of unbranched alkanes of at least 4 members (excludes halogenated alkanes) is 1. The Kier molecular flexibility index (Phi) is 17.2. The van der Waals surface area contributed by atoms with Crippen molar-refractivity contribution in [3.05, 3.63) is 237 Å². The zero-order chi connectivity index (χ0) is 48.5. The Morgan fingerprint density at radius 1 is 0.522 bits per heavy atom. The molecule has 1 aliphatic carbocycles. The molecule has 1 nitrogen and oxygen atoms in total. The van der Waals surface area contributed by atoms with Gasteiger partial charge in [-0.15, -0.1) is 12.8 Å². The van der Waals surface area contributed by atoms with E-state index in [0.29, 0.717) is 0 Å². The van der Waals surface area contributed by atoms with Crippen molar-refractivity contribution < 1.29 is 0 Å². The first-order valence-corrected chi connectivity index (χ1v) is 24.6. The molecule has 0 amide bonds. The zero-order valence-corrected chi connectivity index (χ0v) is 41.1. The molecule has 0 aliphatic heterocycles. The normalized spacial score (nSPS) is 12.4. The third-order valence-electron chi connectivity index (χ3n) is 12.7. The van der Waals surface area contributed by atoms with Crippen LogP contribution in [0, 0.1) is 12.8 Å². The van der Waals surface area contributed by atoms with Crippen molar-refractivity contribution in [2.24, 2.45) is 0 Å². The van der Waals surface area contributed by atoms with Crippen molar-refractivity contribution in [1.82, 2.24) is 0 Å². The number of benzene rings is 9. The fourth-order valence-corrected chi connectivity index (χ4v) is 9.76. The molecule has 0 N–H and O–H groups in total. The largest absolute Gasteiger partial charge is 0.335 e. The molecule has 0 saturated carbocycles. The van der Waals surface area contributed by atoms with E-state index in [1.807, 2.05) is 26.0 Å². The van der Waals surface area contributed by atoms with E-state index in [2.05, 4.69) is 257 Å². The van der Waals surface area contributed by atoms with Crippen LogP contribution >= 0.6 is 0 Å². The summed E-state index contributed by atoms with van der Waals surface area (Å²) in [6.07, 6.45) is 30.1. The van der Waals surface area contributed by atoms with Gasteiger partial charge >= 0.3 is 0 Å². The van der Waals surface area contributed by atoms with Gasteiger partial charge in [-0.1, -0.05) is 234 Å². The highest BCUT2D eigenvalue weighted by molar-refractivity contribution is 6.22. The Balaban J connectivity index is 0.000000648. The van der Waals surface area contributed by atoms with Crippen LogP contribution < -0.4 is 4.90 Å². The molecule has 9 aromatic rings. The Bertz CT molecular complexity index is 3170. The van der Waals surface area contributed by atoms with Gasteiger partial charge in [0.1, 0.15) is 0 Å². The molecule has 342 valence electrons. The van der Waals surface area contributed by atoms with E-state index in [1.54, 1.807) is 0 Å². The molecule has 69 heavy (non-hydrogen) atoms. The van der Waals surface area contributed by atoms with Gasteiger partial charge in [0.05, 0.1) is 0 Å². The second-order valence-corrected chi connectivity index (χ2v) is 16.9. The summed E-state index contributed by atoms with van der Waals surface area (Å²) in [5.41, 5.74) is 12.4. The van der Waals surface area contributed by atoms with Crippen molar-refractivity contribution in [2.45, 2.75) is 66.3 Å². The molecule has 1 heteroatoms. The topological polar surface area (TPSA) is 3.24 Å². The predicted molar refractivity (Wildman–Crippen MR) is 307 cm³/mol. The van der Waals surface area contributed by atoms with Gasteiger partial charge in [0, 0.05) is 17.4 Å². The van der Waals surface area contributed by atoms with Gasteiger partial charge in [0.2, 0.25) is 0 Å². The molecule has 0 aromatic heterocycles. The Hall–Kier alpha value is -7.92. The van der Waals surface area contributed by atoms with Crippen molar-refractivity contribution in [2.75, 3.05) is 4.90 Å². The second-order valence-electron chi connectivity index (χ2n) is 16.9. The number of anilines is 2. The monoisotopic (exact) mass is 896 g/mol. The lowest BCUT2D eigenvalue weighted by atomic mass is 9.84.